The second-order valence-corrected chi connectivity index (χ2v) is 18.1. The quantitative estimate of drug-likeness (QED) is 0.0759. The van der Waals surface area contributed by atoms with Crippen molar-refractivity contribution in [1.29, 1.82) is 0 Å². The van der Waals surface area contributed by atoms with Crippen LogP contribution >= 0.6 is 46.4 Å². The van der Waals surface area contributed by atoms with E-state index in [0.29, 0.717) is 64.7 Å². The van der Waals surface area contributed by atoms with Gasteiger partial charge < -0.3 is 29.0 Å². The Balaban J connectivity index is 0.000000166. The Bertz CT molecular complexity index is 3850. The predicted molar refractivity (Wildman–Crippen MR) is 237 cm³/mol. The van der Waals surface area contributed by atoms with E-state index < -0.39 is 40.9 Å². The van der Waals surface area contributed by atoms with Gasteiger partial charge in [0.25, 0.3) is 0 Å². The molecule has 4 heterocycles. The molecule has 4 N–H and O–H groups in total. The molecule has 0 spiro atoms. The molecule has 0 saturated heterocycles. The minimum absolute atomic E-state index is 0. The van der Waals surface area contributed by atoms with Gasteiger partial charge in [-0.25, -0.2) is 16.8 Å². The van der Waals surface area contributed by atoms with Crippen molar-refractivity contribution in [1.82, 2.24) is 19.9 Å². The molecule has 0 aliphatic rings. The van der Waals surface area contributed by atoms with Crippen molar-refractivity contribution in [2.75, 3.05) is 0 Å². The molecule has 0 amide bonds. The molecule has 0 atom stereocenters. The molecule has 0 aliphatic carbocycles. The van der Waals surface area contributed by atoms with Crippen LogP contribution in [0.25, 0.3) is 87.2 Å². The molecule has 300 valence electrons. The standard InChI is InChI=1S/2C20H10Cl2N2O5S.Ba/c2*21-8-1-2-10-13(3-8)23-14-7-12-15(6-11(14)19(10)25)24-16-4-9(22)5-17(30(27,28)29)18(16)20(12)26;/h2*1-7H,(H,23,25)(H,24,26)(H,27,28,29);/q;;+2/p-2. The van der Waals surface area contributed by atoms with E-state index in [4.69, 9.17) is 46.4 Å². The summed E-state index contributed by atoms with van der Waals surface area (Å²) < 4.78 is 70.2. The van der Waals surface area contributed by atoms with Crippen molar-refractivity contribution in [2.45, 2.75) is 9.79 Å². The summed E-state index contributed by atoms with van der Waals surface area (Å²) in [5.41, 5.74) is 0.635. The van der Waals surface area contributed by atoms with E-state index >= 15 is 0 Å². The summed E-state index contributed by atoms with van der Waals surface area (Å²) in [6.07, 6.45) is 0. The van der Waals surface area contributed by atoms with Crippen molar-refractivity contribution in [2.24, 2.45) is 0 Å². The normalized spacial score (nSPS) is 12.2. The molecule has 6 aromatic carbocycles. The number of hydrogen-bond donors (Lipinski definition) is 4. The summed E-state index contributed by atoms with van der Waals surface area (Å²) in [5, 5.41) is 1.99. The maximum atomic E-state index is 13.1. The molecule has 0 saturated carbocycles. The molecular formula is C40H18BaCl4N4O10S2. The second kappa shape index (κ2) is 15.5. The Kier molecular flexibility index (Phi) is 11.0. The zero-order chi connectivity index (χ0) is 42.7. The van der Waals surface area contributed by atoms with Gasteiger partial charge in [0.1, 0.15) is 20.2 Å². The van der Waals surface area contributed by atoms with E-state index in [0.717, 1.165) is 12.1 Å². The maximum absolute atomic E-state index is 13.1. The minimum atomic E-state index is -4.95. The molecule has 0 unspecified atom stereocenters. The van der Waals surface area contributed by atoms with Gasteiger partial charge in [-0.3, -0.25) is 19.2 Å². The Morgan fingerprint density at radius 3 is 0.967 bits per heavy atom. The van der Waals surface area contributed by atoms with E-state index in [1.54, 1.807) is 36.4 Å². The van der Waals surface area contributed by atoms with Gasteiger partial charge in [-0.15, -0.1) is 0 Å². The van der Waals surface area contributed by atoms with Gasteiger partial charge >= 0.3 is 48.9 Å². The Morgan fingerprint density at radius 1 is 0.361 bits per heavy atom. The van der Waals surface area contributed by atoms with Gasteiger partial charge in [-0.05, 0) is 84.9 Å². The van der Waals surface area contributed by atoms with Crippen molar-refractivity contribution >= 4 is 203 Å². The van der Waals surface area contributed by atoms with Crippen molar-refractivity contribution in [3.63, 3.8) is 0 Å². The number of H-pyrrole nitrogens is 4. The SMILES string of the molecule is O=c1c2ccc(Cl)cc2[nH]c2cc3c(=O)c4c(S(=O)(=O)[O-])cc(Cl)cc4[nH]c3cc12.O=c1c2ccc(Cl)cc2[nH]c2cc3c(=O)c4c(S(=O)(=O)[O-])cc(Cl)cc4[nH]c3cc12.[Ba+2]. The zero-order valence-electron chi connectivity index (χ0n) is 30.2. The summed E-state index contributed by atoms with van der Waals surface area (Å²) in [4.78, 5) is 62.7. The number of nitrogens with one attached hydrogen (secondary N) is 4. The van der Waals surface area contributed by atoms with E-state index in [-0.39, 0.29) is 102 Å². The van der Waals surface area contributed by atoms with Gasteiger partial charge in [0.05, 0.1) is 64.7 Å². The third-order valence-corrected chi connectivity index (χ3v) is 12.6. The van der Waals surface area contributed by atoms with Crippen molar-refractivity contribution in [3.8, 4) is 0 Å². The topological polar surface area (TPSA) is 246 Å². The first-order valence-corrected chi connectivity index (χ1v) is 21.4. The number of benzene rings is 6. The van der Waals surface area contributed by atoms with Crippen LogP contribution in [0, 0.1) is 0 Å². The van der Waals surface area contributed by atoms with Crippen LogP contribution in [0.15, 0.2) is 114 Å². The van der Waals surface area contributed by atoms with Crippen LogP contribution in [0.3, 0.4) is 0 Å². The molecule has 0 radical (unpaired) electrons. The van der Waals surface area contributed by atoms with E-state index in [1.807, 2.05) is 0 Å². The molecule has 61 heavy (non-hydrogen) atoms. The summed E-state index contributed by atoms with van der Waals surface area (Å²) in [5.74, 6) is 0. The van der Waals surface area contributed by atoms with E-state index in [9.17, 15) is 45.1 Å². The fourth-order valence-electron chi connectivity index (χ4n) is 7.36. The van der Waals surface area contributed by atoms with Crippen LogP contribution < -0.4 is 21.7 Å². The molecular weight excluding hydrogens is 1040 g/mol. The van der Waals surface area contributed by atoms with Crippen LogP contribution in [-0.4, -0.2) is 94.8 Å². The smallest absolute Gasteiger partial charge is 0.744 e. The Morgan fingerprint density at radius 2 is 0.639 bits per heavy atom. The molecule has 14 nitrogen and oxygen atoms in total. The molecule has 0 bridgehead atoms. The van der Waals surface area contributed by atoms with Gasteiger partial charge in [0.15, 0.2) is 21.7 Å². The van der Waals surface area contributed by atoms with E-state index in [2.05, 4.69) is 19.9 Å². The fourth-order valence-corrected chi connectivity index (χ4v) is 9.72. The van der Waals surface area contributed by atoms with Gasteiger partial charge in [-0.2, -0.15) is 0 Å². The average molecular weight is 1060 g/mol. The van der Waals surface area contributed by atoms with E-state index in [1.165, 1.54) is 36.4 Å². The zero-order valence-corrected chi connectivity index (χ0v) is 39.3. The third kappa shape index (κ3) is 7.58. The number of halogens is 4. The molecule has 4 aromatic heterocycles. The van der Waals surface area contributed by atoms with Gasteiger partial charge in [0.2, 0.25) is 0 Å². The summed E-state index contributed by atoms with van der Waals surface area (Å²) in [6.45, 7) is 0. The number of fused-ring (bicyclic) bond motifs is 8. The molecule has 10 rings (SSSR count). The summed E-state index contributed by atoms with van der Waals surface area (Å²) >= 11 is 23.9. The van der Waals surface area contributed by atoms with Crippen LogP contribution in [0.2, 0.25) is 20.1 Å². The first kappa shape index (κ1) is 43.4. The number of aromatic nitrogens is 4. The third-order valence-electron chi connectivity index (χ3n) is 9.95. The van der Waals surface area contributed by atoms with Crippen LogP contribution in [0.1, 0.15) is 0 Å². The first-order valence-electron chi connectivity index (χ1n) is 17.1. The Hall–Kier alpha value is -4.25. The number of hydrogen-bond acceptors (Lipinski definition) is 10. The summed E-state index contributed by atoms with van der Waals surface area (Å²) in [6, 6.07) is 20.1. The van der Waals surface area contributed by atoms with Crippen molar-refractivity contribution in [3.05, 3.63) is 146 Å². The van der Waals surface area contributed by atoms with Gasteiger partial charge in [-0.1, -0.05) is 46.4 Å². The maximum Gasteiger partial charge on any atom is 2.00 e. The molecule has 0 fully saturated rings. The number of aromatic amines is 4. The number of pyridine rings is 4. The Labute approximate surface area is 400 Å². The molecule has 21 heteroatoms. The largest absolute Gasteiger partial charge is 2.00 e. The number of rotatable bonds is 2. The van der Waals surface area contributed by atoms with Crippen LogP contribution in [0.4, 0.5) is 0 Å². The fraction of sp³-hybridized carbons (Fsp3) is 0. The molecule has 0 aliphatic heterocycles. The first-order chi connectivity index (χ1) is 28.3. The summed E-state index contributed by atoms with van der Waals surface area (Å²) in [7, 11) is -9.91. The van der Waals surface area contributed by atoms with Crippen LogP contribution in [-0.2, 0) is 20.2 Å². The minimum Gasteiger partial charge on any atom is -0.744 e. The second-order valence-electron chi connectivity index (χ2n) is 13.6. The molecule has 10 aromatic rings. The average Bonchev–Trinajstić information content (AvgIpc) is 3.16. The predicted octanol–water partition coefficient (Wildman–Crippen LogP) is 7.39. The monoisotopic (exact) mass is 1060 g/mol. The van der Waals surface area contributed by atoms with Crippen molar-refractivity contribution < 1.29 is 25.9 Å². The van der Waals surface area contributed by atoms with Gasteiger partial charge in [0, 0.05) is 52.4 Å². The van der Waals surface area contributed by atoms with Crippen LogP contribution in [0.5, 0.6) is 0 Å².